The summed E-state index contributed by atoms with van der Waals surface area (Å²) in [5.74, 6) is -1.37. The Morgan fingerprint density at radius 1 is 1.43 bits per heavy atom. The fourth-order valence-electron chi connectivity index (χ4n) is 0.908. The van der Waals surface area contributed by atoms with Gasteiger partial charge in [0.05, 0.1) is 10.0 Å². The van der Waals surface area contributed by atoms with E-state index in [-0.39, 0.29) is 15.6 Å². The highest BCUT2D eigenvalue weighted by Crippen LogP contribution is 2.33. The molecule has 1 aromatic rings. The molecule has 14 heavy (non-hydrogen) atoms. The van der Waals surface area contributed by atoms with Gasteiger partial charge in [-0.2, -0.15) is 0 Å². The maximum Gasteiger partial charge on any atom is 0.337 e. The Labute approximate surface area is 98.4 Å². The molecule has 2 N–H and O–H groups in total. The summed E-state index contributed by atoms with van der Waals surface area (Å²) in [6.45, 7) is 0. The fraction of sp³-hybridized carbons (Fsp3) is 0.125. The van der Waals surface area contributed by atoms with Gasteiger partial charge in [-0.15, -0.1) is 0 Å². The molecule has 0 heterocycles. The first-order chi connectivity index (χ1) is 6.43. The van der Waals surface area contributed by atoms with Crippen molar-refractivity contribution in [2.45, 2.75) is 6.10 Å². The first-order valence-electron chi connectivity index (χ1n) is 3.48. The third-order valence-electron chi connectivity index (χ3n) is 1.55. The molecule has 1 aromatic carbocycles. The first kappa shape index (κ1) is 11.8. The van der Waals surface area contributed by atoms with Gasteiger partial charge in [-0.1, -0.05) is 39.1 Å². The van der Waals surface area contributed by atoms with E-state index in [1.165, 1.54) is 12.1 Å². The molecule has 0 aliphatic heterocycles. The molecule has 0 fully saturated rings. The first-order valence-corrected chi connectivity index (χ1v) is 5.03. The van der Waals surface area contributed by atoms with Crippen molar-refractivity contribution in [1.82, 2.24) is 0 Å². The molecule has 0 aliphatic rings. The van der Waals surface area contributed by atoms with Gasteiger partial charge in [0.2, 0.25) is 0 Å². The van der Waals surface area contributed by atoms with Crippen LogP contribution in [0.15, 0.2) is 16.6 Å². The minimum absolute atomic E-state index is 0.0461. The van der Waals surface area contributed by atoms with E-state index in [1.54, 1.807) is 0 Å². The van der Waals surface area contributed by atoms with Crippen LogP contribution in [0.5, 0.6) is 0 Å². The van der Waals surface area contributed by atoms with E-state index in [4.69, 9.17) is 28.3 Å². The normalized spacial score (nSPS) is 12.6. The lowest BCUT2D eigenvalue weighted by molar-refractivity contribution is -0.146. The Hall–Kier alpha value is -0.290. The van der Waals surface area contributed by atoms with Crippen LogP contribution in [0.2, 0.25) is 10.0 Å². The quantitative estimate of drug-likeness (QED) is 0.826. The number of aliphatic hydroxyl groups is 1. The van der Waals surface area contributed by atoms with E-state index in [9.17, 15) is 9.90 Å². The Kier molecular flexibility index (Phi) is 3.78. The third kappa shape index (κ3) is 2.39. The van der Waals surface area contributed by atoms with Crippen LogP contribution in [0.3, 0.4) is 0 Å². The second kappa shape index (κ2) is 4.49. The van der Waals surface area contributed by atoms with Crippen LogP contribution < -0.4 is 0 Å². The zero-order valence-corrected chi connectivity index (χ0v) is 9.77. The van der Waals surface area contributed by atoms with Crippen molar-refractivity contribution < 1.29 is 15.0 Å². The Morgan fingerprint density at radius 2 is 2.00 bits per heavy atom. The summed E-state index contributed by atoms with van der Waals surface area (Å²) in [7, 11) is 0. The molecular formula is C8H5BrCl2O3. The van der Waals surface area contributed by atoms with Crippen LogP contribution in [0, 0.1) is 0 Å². The van der Waals surface area contributed by atoms with E-state index in [1.807, 2.05) is 0 Å². The highest BCUT2D eigenvalue weighted by Gasteiger charge is 2.20. The number of aliphatic carboxylic acids is 1. The van der Waals surface area contributed by atoms with Gasteiger partial charge in [-0.25, -0.2) is 4.79 Å². The van der Waals surface area contributed by atoms with Crippen molar-refractivity contribution in [2.75, 3.05) is 0 Å². The standard InChI is InChI=1S/C8H5BrCl2O3/c9-3-1-4(7(12)8(13)14)6(11)5(10)2-3/h1-2,7,12H,(H,13,14). The SMILES string of the molecule is O=C(O)C(O)c1cc(Br)cc(Cl)c1Cl. The number of carboxylic acids is 1. The summed E-state index contributed by atoms with van der Waals surface area (Å²) in [6.07, 6.45) is -1.67. The maximum absolute atomic E-state index is 10.5. The molecule has 0 amide bonds. The molecule has 1 unspecified atom stereocenters. The summed E-state index contributed by atoms with van der Waals surface area (Å²) in [5.41, 5.74) is 0.0681. The maximum atomic E-state index is 10.5. The Morgan fingerprint density at radius 3 is 2.50 bits per heavy atom. The Bertz CT molecular complexity index is 381. The average Bonchev–Trinajstić information content (AvgIpc) is 2.09. The van der Waals surface area contributed by atoms with Crippen molar-refractivity contribution in [2.24, 2.45) is 0 Å². The molecule has 0 aliphatic carbocycles. The smallest absolute Gasteiger partial charge is 0.337 e. The fourth-order valence-corrected chi connectivity index (χ4v) is 1.95. The molecular weight excluding hydrogens is 295 g/mol. The van der Waals surface area contributed by atoms with Crippen LogP contribution in [-0.2, 0) is 4.79 Å². The molecule has 3 nitrogen and oxygen atoms in total. The van der Waals surface area contributed by atoms with E-state index in [0.717, 1.165) is 0 Å². The molecule has 0 radical (unpaired) electrons. The predicted molar refractivity (Wildman–Crippen MR) is 56.8 cm³/mol. The number of hydrogen-bond donors (Lipinski definition) is 2. The van der Waals surface area contributed by atoms with Crippen molar-refractivity contribution in [3.8, 4) is 0 Å². The zero-order valence-electron chi connectivity index (χ0n) is 6.67. The monoisotopic (exact) mass is 298 g/mol. The number of hydrogen-bond acceptors (Lipinski definition) is 2. The van der Waals surface area contributed by atoms with Crippen molar-refractivity contribution in [3.63, 3.8) is 0 Å². The van der Waals surface area contributed by atoms with Gasteiger partial charge in [-0.3, -0.25) is 0 Å². The van der Waals surface area contributed by atoms with E-state index >= 15 is 0 Å². The molecule has 0 spiro atoms. The summed E-state index contributed by atoms with van der Waals surface area (Å²) in [5, 5.41) is 18.1. The zero-order chi connectivity index (χ0) is 10.9. The molecule has 1 rings (SSSR count). The summed E-state index contributed by atoms with van der Waals surface area (Å²) in [4.78, 5) is 10.5. The lowest BCUT2D eigenvalue weighted by Crippen LogP contribution is -2.11. The molecule has 1 atom stereocenters. The van der Waals surface area contributed by atoms with E-state index in [0.29, 0.717) is 4.47 Å². The van der Waals surface area contributed by atoms with Gasteiger partial charge in [0.15, 0.2) is 6.10 Å². The molecule has 0 saturated carbocycles. The summed E-state index contributed by atoms with van der Waals surface area (Å²) >= 11 is 14.5. The van der Waals surface area contributed by atoms with Crippen LogP contribution in [-0.4, -0.2) is 16.2 Å². The minimum Gasteiger partial charge on any atom is -0.479 e. The van der Waals surface area contributed by atoms with Gasteiger partial charge >= 0.3 is 5.97 Å². The number of aliphatic hydroxyl groups excluding tert-OH is 1. The molecule has 0 bridgehead atoms. The third-order valence-corrected chi connectivity index (χ3v) is 2.82. The largest absolute Gasteiger partial charge is 0.479 e. The number of halogens is 3. The van der Waals surface area contributed by atoms with Crippen molar-refractivity contribution in [3.05, 3.63) is 32.2 Å². The molecule has 76 valence electrons. The Balaban J connectivity index is 3.26. The van der Waals surface area contributed by atoms with Crippen LogP contribution in [0.25, 0.3) is 0 Å². The highest BCUT2D eigenvalue weighted by atomic mass is 79.9. The van der Waals surface area contributed by atoms with Gasteiger partial charge in [0.1, 0.15) is 0 Å². The van der Waals surface area contributed by atoms with Crippen molar-refractivity contribution in [1.29, 1.82) is 0 Å². The van der Waals surface area contributed by atoms with Crippen LogP contribution in [0.4, 0.5) is 0 Å². The van der Waals surface area contributed by atoms with Gasteiger partial charge in [0, 0.05) is 10.0 Å². The second-order valence-electron chi connectivity index (χ2n) is 2.53. The van der Waals surface area contributed by atoms with E-state index in [2.05, 4.69) is 15.9 Å². The number of benzene rings is 1. The van der Waals surface area contributed by atoms with Gasteiger partial charge < -0.3 is 10.2 Å². The number of rotatable bonds is 2. The molecule has 6 heteroatoms. The molecule has 0 saturated heterocycles. The topological polar surface area (TPSA) is 57.5 Å². The average molecular weight is 300 g/mol. The molecule has 0 aromatic heterocycles. The lowest BCUT2D eigenvalue weighted by Gasteiger charge is -2.09. The summed E-state index contributed by atoms with van der Waals surface area (Å²) in [6, 6.07) is 2.93. The highest BCUT2D eigenvalue weighted by molar-refractivity contribution is 9.10. The van der Waals surface area contributed by atoms with Crippen LogP contribution >= 0.6 is 39.1 Å². The lowest BCUT2D eigenvalue weighted by atomic mass is 10.1. The second-order valence-corrected chi connectivity index (χ2v) is 4.23. The van der Waals surface area contributed by atoms with Crippen LogP contribution in [0.1, 0.15) is 11.7 Å². The van der Waals surface area contributed by atoms with E-state index < -0.39 is 12.1 Å². The predicted octanol–water partition coefficient (Wildman–Crippen LogP) is 2.87. The van der Waals surface area contributed by atoms with Crippen molar-refractivity contribution >= 4 is 45.1 Å². The minimum atomic E-state index is -1.67. The van der Waals surface area contributed by atoms with Gasteiger partial charge in [0.25, 0.3) is 0 Å². The summed E-state index contributed by atoms with van der Waals surface area (Å²) < 4.78 is 0.558. The van der Waals surface area contributed by atoms with Gasteiger partial charge in [-0.05, 0) is 12.1 Å². The number of carboxylic acid groups (broad SMARTS) is 1. The number of carbonyl (C=O) groups is 1.